The molecule has 0 bridgehead atoms. The van der Waals surface area contributed by atoms with Crippen LogP contribution in [0.25, 0.3) is 43.8 Å². The number of nitrogens with zero attached hydrogens (tertiary/aromatic N) is 2. The largest absolute Gasteiger partial charge is 0.490 e. The molecule has 9 aromatic carbocycles. The summed E-state index contributed by atoms with van der Waals surface area (Å²) in [6.45, 7) is 11.5. The lowest BCUT2D eigenvalue weighted by atomic mass is 9.67. The van der Waals surface area contributed by atoms with E-state index in [9.17, 15) is 9.59 Å². The summed E-state index contributed by atoms with van der Waals surface area (Å²) in [6.07, 6.45) is 2.26. The van der Waals surface area contributed by atoms with Gasteiger partial charge in [0, 0.05) is 33.4 Å². The Bertz CT molecular complexity index is 3610. The molecular formula is C65H52N2O6S2. The van der Waals surface area contributed by atoms with Crippen LogP contribution < -0.4 is 9.47 Å². The summed E-state index contributed by atoms with van der Waals surface area (Å²) in [6, 6.07) is 63.4. The second-order valence-electron chi connectivity index (χ2n) is 18.1. The van der Waals surface area contributed by atoms with E-state index >= 15 is 0 Å². The zero-order valence-corrected chi connectivity index (χ0v) is 43.2. The Balaban J connectivity index is 1.06. The lowest BCUT2D eigenvalue weighted by Gasteiger charge is -2.34. The Labute approximate surface area is 447 Å². The maximum atomic E-state index is 11.4. The Kier molecular flexibility index (Phi) is 14.7. The van der Waals surface area contributed by atoms with E-state index in [1.165, 1.54) is 10.8 Å². The second kappa shape index (κ2) is 22.0. The summed E-state index contributed by atoms with van der Waals surface area (Å²) < 4.78 is 21.6. The first kappa shape index (κ1) is 50.1. The summed E-state index contributed by atoms with van der Waals surface area (Å²) in [4.78, 5) is 34.5. The van der Waals surface area contributed by atoms with Gasteiger partial charge in [-0.3, -0.25) is 9.98 Å². The number of esters is 2. The fourth-order valence-corrected chi connectivity index (χ4v) is 10.4. The Morgan fingerprint density at radius 2 is 0.933 bits per heavy atom. The molecule has 1 aliphatic rings. The van der Waals surface area contributed by atoms with Crippen molar-refractivity contribution in [1.29, 1.82) is 0 Å². The number of aliphatic imine (C=N–C) groups is 2. The zero-order chi connectivity index (χ0) is 52.1. The first-order valence-corrected chi connectivity index (χ1v) is 25.4. The van der Waals surface area contributed by atoms with Crippen LogP contribution in [0.15, 0.2) is 227 Å². The fraction of sp³-hybridized carbons (Fsp3) is 0.108. The van der Waals surface area contributed by atoms with Gasteiger partial charge in [-0.15, -0.1) is 25.3 Å². The van der Waals surface area contributed by atoms with Crippen molar-refractivity contribution in [2.24, 2.45) is 9.98 Å². The van der Waals surface area contributed by atoms with Gasteiger partial charge in [-0.25, -0.2) is 9.59 Å². The third-order valence-corrected chi connectivity index (χ3v) is 14.3. The van der Waals surface area contributed by atoms with Crippen LogP contribution in [0.1, 0.15) is 47.2 Å². The highest BCUT2D eigenvalue weighted by atomic mass is 32.1. The molecule has 0 aromatic heterocycles. The number of benzene rings is 9. The number of carbonyl (C=O) groups excluding carboxylic acids is 2. The molecule has 9 aromatic rings. The quantitative estimate of drug-likeness (QED) is 0.0310. The van der Waals surface area contributed by atoms with Crippen molar-refractivity contribution in [3.05, 3.63) is 241 Å². The highest BCUT2D eigenvalue weighted by Gasteiger charge is 2.47. The van der Waals surface area contributed by atoms with Crippen molar-refractivity contribution in [2.75, 3.05) is 26.4 Å². The minimum atomic E-state index is -0.820. The number of ether oxygens (including phenoxy) is 4. The molecular weight excluding hydrogens is 969 g/mol. The van der Waals surface area contributed by atoms with Crippen LogP contribution in [-0.4, -0.2) is 49.8 Å². The van der Waals surface area contributed by atoms with E-state index in [0.29, 0.717) is 11.5 Å². The Hall–Kier alpha value is -8.44. The van der Waals surface area contributed by atoms with Gasteiger partial charge in [0.15, 0.2) is 0 Å². The zero-order valence-electron chi connectivity index (χ0n) is 41.5. The lowest BCUT2D eigenvalue weighted by Crippen LogP contribution is -2.28. The van der Waals surface area contributed by atoms with E-state index < -0.39 is 17.4 Å². The smallest absolute Gasteiger partial charge is 0.330 e. The molecule has 10 rings (SSSR count). The van der Waals surface area contributed by atoms with Crippen LogP contribution in [0.3, 0.4) is 0 Å². The van der Waals surface area contributed by atoms with Gasteiger partial charge in [0.25, 0.3) is 0 Å². The molecule has 10 heteroatoms. The molecule has 0 saturated carbocycles. The van der Waals surface area contributed by atoms with E-state index in [2.05, 4.69) is 147 Å². The number of rotatable bonds is 17. The third-order valence-electron chi connectivity index (χ3n) is 13.5. The first-order valence-electron chi connectivity index (χ1n) is 24.5. The molecule has 0 unspecified atom stereocenters. The van der Waals surface area contributed by atoms with E-state index in [1.54, 1.807) is 0 Å². The molecule has 0 spiro atoms. The van der Waals surface area contributed by atoms with Crippen molar-refractivity contribution >= 4 is 81.5 Å². The summed E-state index contributed by atoms with van der Waals surface area (Å²) in [5.74, 6) is 0.333. The van der Waals surface area contributed by atoms with E-state index in [0.717, 1.165) is 111 Å². The fourth-order valence-electron chi connectivity index (χ4n) is 9.85. The average Bonchev–Trinajstić information content (AvgIpc) is 3.77. The average molecular weight is 1020 g/mol. The van der Waals surface area contributed by atoms with Crippen molar-refractivity contribution < 1.29 is 28.5 Å². The molecule has 0 fully saturated rings. The minimum Gasteiger partial charge on any atom is -0.490 e. The molecule has 0 N–H and O–H groups in total. The standard InChI is InChI=1S/C65H52N2O6S2/c1-5-63(68)72-33-31-70-53-24-17-43(18-25-53)41(3)66-59-29-22-51(39-61(59)74)65(52-23-30-60(62(75)40-52)67-42(4)44-19-26-54(27-20-44)71-32-34-73-64(69)6-2)57-28-21-50(49-16-15-45-11-7-8-12-46(45)35-49)37-55(57)56-36-47-13-9-10-14-48(47)38-58(56)65/h5-30,35-40,74-75H,1-2,31-34H2,3-4H3. The number of hydrogen-bond donors (Lipinski definition) is 2. The SMILES string of the molecule is C=CC(=O)OCCOc1ccc(C(C)=Nc2ccc(C3(c4ccc(N=C(C)c5ccc(OCCOC(=O)C=C)cc5)c(S)c4)c4ccc(-c5ccc6ccccc6c5)cc4-c4cc5ccccc5cc43)cc2S)cc1. The van der Waals surface area contributed by atoms with Crippen molar-refractivity contribution in [2.45, 2.75) is 29.1 Å². The van der Waals surface area contributed by atoms with Crippen LogP contribution in [0.5, 0.6) is 11.5 Å². The molecule has 0 amide bonds. The minimum absolute atomic E-state index is 0.125. The van der Waals surface area contributed by atoms with Gasteiger partial charge >= 0.3 is 11.9 Å². The number of fused-ring (bicyclic) bond motifs is 5. The van der Waals surface area contributed by atoms with Crippen molar-refractivity contribution in [1.82, 2.24) is 0 Å². The lowest BCUT2D eigenvalue weighted by molar-refractivity contribution is -0.139. The van der Waals surface area contributed by atoms with Crippen LogP contribution >= 0.6 is 25.3 Å². The van der Waals surface area contributed by atoms with Crippen molar-refractivity contribution in [3.63, 3.8) is 0 Å². The van der Waals surface area contributed by atoms with Gasteiger partial charge in [0.2, 0.25) is 0 Å². The Morgan fingerprint density at radius 3 is 1.44 bits per heavy atom. The van der Waals surface area contributed by atoms with Gasteiger partial charge in [0.05, 0.1) is 16.8 Å². The molecule has 0 radical (unpaired) electrons. The molecule has 0 saturated heterocycles. The number of hydrogen-bond acceptors (Lipinski definition) is 10. The van der Waals surface area contributed by atoms with Gasteiger partial charge in [-0.1, -0.05) is 98.1 Å². The normalized spacial score (nSPS) is 14.0. The molecule has 8 nitrogen and oxygen atoms in total. The number of thiol groups is 2. The van der Waals surface area contributed by atoms with Crippen LogP contribution in [-0.2, 0) is 24.5 Å². The maximum Gasteiger partial charge on any atom is 0.330 e. The van der Waals surface area contributed by atoms with E-state index in [1.807, 2.05) is 62.4 Å². The second-order valence-corrected chi connectivity index (χ2v) is 19.1. The molecule has 0 aliphatic heterocycles. The molecule has 0 heterocycles. The summed E-state index contributed by atoms with van der Waals surface area (Å²) in [5, 5.41) is 4.67. The predicted octanol–water partition coefficient (Wildman–Crippen LogP) is 15.1. The topological polar surface area (TPSA) is 95.8 Å². The van der Waals surface area contributed by atoms with Gasteiger partial charge < -0.3 is 18.9 Å². The number of carbonyl (C=O) groups is 2. The maximum absolute atomic E-state index is 11.4. The van der Waals surface area contributed by atoms with Gasteiger partial charge in [-0.2, -0.15) is 0 Å². The highest BCUT2D eigenvalue weighted by Crippen LogP contribution is 2.58. The van der Waals surface area contributed by atoms with E-state index in [-0.39, 0.29) is 26.4 Å². The van der Waals surface area contributed by atoms with Crippen LogP contribution in [0.2, 0.25) is 0 Å². The molecule has 0 atom stereocenters. The van der Waals surface area contributed by atoms with Crippen LogP contribution in [0, 0.1) is 0 Å². The van der Waals surface area contributed by atoms with E-state index in [4.69, 9.17) is 54.2 Å². The Morgan fingerprint density at radius 1 is 0.480 bits per heavy atom. The summed E-state index contributed by atoms with van der Waals surface area (Å²) in [7, 11) is 0. The molecule has 1 aliphatic carbocycles. The van der Waals surface area contributed by atoms with Gasteiger partial charge in [0.1, 0.15) is 37.9 Å². The first-order chi connectivity index (χ1) is 36.5. The monoisotopic (exact) mass is 1020 g/mol. The predicted molar refractivity (Wildman–Crippen MR) is 309 cm³/mol. The molecule has 370 valence electrons. The third kappa shape index (κ3) is 10.4. The van der Waals surface area contributed by atoms with Gasteiger partial charge in [-0.05, 0) is 188 Å². The molecule has 75 heavy (non-hydrogen) atoms. The summed E-state index contributed by atoms with van der Waals surface area (Å²) >= 11 is 10.4. The summed E-state index contributed by atoms with van der Waals surface area (Å²) in [5.41, 5.74) is 13.0. The highest BCUT2D eigenvalue weighted by molar-refractivity contribution is 7.80. The van der Waals surface area contributed by atoms with Crippen molar-refractivity contribution in [3.8, 4) is 33.8 Å². The van der Waals surface area contributed by atoms with Crippen LogP contribution in [0.4, 0.5) is 11.4 Å².